The second kappa shape index (κ2) is 7.47. The Bertz CT molecular complexity index is 1020. The fraction of sp³-hybridized carbons (Fsp3) is 0.292. The molecule has 1 aliphatic heterocycles. The standard InChI is InChI=1S/C24H23ClN2O/c1-17(2)14-27(22-12-9-18-5-3-4-6-20(18)13-22)16-24(15-26)23(28-24)19-7-10-21(25)11-8-19/h3-13,17,23H,14,16H2,1-2H3/t23-,24-/m1/s1. The lowest BCUT2D eigenvalue weighted by Gasteiger charge is -2.28. The number of hydrogen-bond donors (Lipinski definition) is 0. The van der Waals surface area contributed by atoms with Gasteiger partial charge in [-0.2, -0.15) is 5.26 Å². The maximum absolute atomic E-state index is 9.92. The van der Waals surface area contributed by atoms with Crippen LogP contribution in [0.1, 0.15) is 25.5 Å². The van der Waals surface area contributed by atoms with E-state index in [1.165, 1.54) is 10.8 Å². The molecule has 3 nitrogen and oxygen atoms in total. The highest BCUT2D eigenvalue weighted by atomic mass is 35.5. The summed E-state index contributed by atoms with van der Waals surface area (Å²) in [5.41, 5.74) is 1.29. The van der Waals surface area contributed by atoms with Gasteiger partial charge < -0.3 is 9.64 Å². The van der Waals surface area contributed by atoms with E-state index in [4.69, 9.17) is 16.3 Å². The molecule has 1 saturated heterocycles. The Morgan fingerprint density at radius 1 is 1.07 bits per heavy atom. The molecule has 28 heavy (non-hydrogen) atoms. The van der Waals surface area contributed by atoms with E-state index in [2.05, 4.69) is 61.2 Å². The quantitative estimate of drug-likeness (QED) is 0.485. The molecule has 0 spiro atoms. The van der Waals surface area contributed by atoms with Crippen molar-refractivity contribution in [3.05, 3.63) is 77.3 Å². The topological polar surface area (TPSA) is 39.6 Å². The van der Waals surface area contributed by atoms with Crippen LogP contribution in [0.4, 0.5) is 5.69 Å². The van der Waals surface area contributed by atoms with Gasteiger partial charge in [-0.25, -0.2) is 0 Å². The molecule has 1 fully saturated rings. The Morgan fingerprint density at radius 2 is 1.79 bits per heavy atom. The van der Waals surface area contributed by atoms with Crippen LogP contribution in [0.15, 0.2) is 66.7 Å². The molecule has 2 atom stereocenters. The van der Waals surface area contributed by atoms with E-state index in [0.29, 0.717) is 17.5 Å². The van der Waals surface area contributed by atoms with Crippen LogP contribution in [0, 0.1) is 17.2 Å². The molecule has 0 radical (unpaired) electrons. The van der Waals surface area contributed by atoms with E-state index >= 15 is 0 Å². The van der Waals surface area contributed by atoms with Gasteiger partial charge in [0.25, 0.3) is 0 Å². The third kappa shape index (κ3) is 3.71. The number of hydrogen-bond acceptors (Lipinski definition) is 3. The van der Waals surface area contributed by atoms with Gasteiger partial charge in [-0.15, -0.1) is 0 Å². The summed E-state index contributed by atoms with van der Waals surface area (Å²) < 4.78 is 5.95. The van der Waals surface area contributed by atoms with Gasteiger partial charge in [0.05, 0.1) is 6.54 Å². The second-order valence-corrected chi connectivity index (χ2v) is 8.29. The van der Waals surface area contributed by atoms with Crippen molar-refractivity contribution in [3.8, 4) is 6.07 Å². The number of ether oxygens (including phenoxy) is 1. The van der Waals surface area contributed by atoms with Gasteiger partial charge in [0.2, 0.25) is 5.60 Å². The number of epoxide rings is 1. The van der Waals surface area contributed by atoms with E-state index in [1.54, 1.807) is 0 Å². The fourth-order valence-corrected chi connectivity index (χ4v) is 3.88. The predicted molar refractivity (Wildman–Crippen MR) is 115 cm³/mol. The smallest absolute Gasteiger partial charge is 0.202 e. The molecule has 142 valence electrons. The highest BCUT2D eigenvalue weighted by Crippen LogP contribution is 2.50. The largest absolute Gasteiger partial charge is 0.367 e. The first-order valence-electron chi connectivity index (χ1n) is 9.59. The minimum absolute atomic E-state index is 0.218. The molecule has 1 aliphatic rings. The summed E-state index contributed by atoms with van der Waals surface area (Å²) in [4.78, 5) is 2.27. The van der Waals surface area contributed by atoms with Crippen molar-refractivity contribution in [2.75, 3.05) is 18.0 Å². The van der Waals surface area contributed by atoms with Crippen LogP contribution in [0.5, 0.6) is 0 Å². The number of benzene rings is 3. The summed E-state index contributed by atoms with van der Waals surface area (Å²) in [6, 6.07) is 24.8. The summed E-state index contributed by atoms with van der Waals surface area (Å²) in [6.07, 6.45) is -0.218. The van der Waals surface area contributed by atoms with E-state index < -0.39 is 5.60 Å². The minimum atomic E-state index is -0.825. The van der Waals surface area contributed by atoms with Crippen LogP contribution in [0.2, 0.25) is 5.02 Å². The van der Waals surface area contributed by atoms with Crippen LogP contribution in [0.3, 0.4) is 0 Å². The first-order chi connectivity index (χ1) is 13.5. The minimum Gasteiger partial charge on any atom is -0.367 e. The molecular formula is C24H23ClN2O. The van der Waals surface area contributed by atoms with Gasteiger partial charge in [-0.05, 0) is 46.5 Å². The van der Waals surface area contributed by atoms with Crippen molar-refractivity contribution in [1.29, 1.82) is 5.26 Å². The third-order valence-corrected chi connectivity index (χ3v) is 5.42. The SMILES string of the molecule is CC(C)CN(C[C@@]1(C#N)O[C@@H]1c1ccc(Cl)cc1)c1ccc2ccccc2c1. The predicted octanol–water partition coefficient (Wildman–Crippen LogP) is 5.99. The van der Waals surface area contributed by atoms with Gasteiger partial charge in [-0.3, -0.25) is 0 Å². The molecule has 4 rings (SSSR count). The first kappa shape index (κ1) is 18.8. The van der Waals surface area contributed by atoms with E-state index in [9.17, 15) is 5.26 Å². The monoisotopic (exact) mass is 390 g/mol. The lowest BCUT2D eigenvalue weighted by Crippen LogP contribution is -2.37. The number of nitrogens with zero attached hydrogens (tertiary/aromatic N) is 2. The Hall–Kier alpha value is -2.54. The third-order valence-electron chi connectivity index (χ3n) is 5.17. The highest BCUT2D eigenvalue weighted by Gasteiger charge is 2.59. The molecule has 0 N–H and O–H groups in total. The van der Waals surface area contributed by atoms with Crippen molar-refractivity contribution in [2.24, 2.45) is 5.92 Å². The van der Waals surface area contributed by atoms with Crippen molar-refractivity contribution < 1.29 is 4.74 Å². The molecule has 0 amide bonds. The van der Waals surface area contributed by atoms with Gasteiger partial charge >= 0.3 is 0 Å². The molecular weight excluding hydrogens is 368 g/mol. The molecule has 3 aromatic rings. The van der Waals surface area contributed by atoms with Gasteiger partial charge in [-0.1, -0.05) is 67.9 Å². The summed E-state index contributed by atoms with van der Waals surface area (Å²) in [5, 5.41) is 13.0. The average Bonchev–Trinajstić information content (AvgIpc) is 3.42. The zero-order chi connectivity index (χ0) is 19.7. The van der Waals surface area contributed by atoms with Crippen molar-refractivity contribution in [1.82, 2.24) is 0 Å². The van der Waals surface area contributed by atoms with E-state index in [1.807, 2.05) is 30.3 Å². The average molecular weight is 391 g/mol. The number of anilines is 1. The molecule has 3 aromatic carbocycles. The Labute approximate surface area is 171 Å². The Morgan fingerprint density at radius 3 is 2.46 bits per heavy atom. The normalized spacial score (nSPS) is 20.9. The van der Waals surface area contributed by atoms with Crippen LogP contribution >= 0.6 is 11.6 Å². The number of halogens is 1. The summed E-state index contributed by atoms with van der Waals surface area (Å²) >= 11 is 6.00. The summed E-state index contributed by atoms with van der Waals surface area (Å²) in [6.45, 7) is 5.78. The summed E-state index contributed by atoms with van der Waals surface area (Å²) in [7, 11) is 0. The Kier molecular flexibility index (Phi) is 5.02. The van der Waals surface area contributed by atoms with E-state index in [-0.39, 0.29) is 6.10 Å². The lowest BCUT2D eigenvalue weighted by atomic mass is 9.99. The first-order valence-corrected chi connectivity index (χ1v) is 9.97. The number of fused-ring (bicyclic) bond motifs is 1. The maximum atomic E-state index is 9.92. The number of nitriles is 1. The van der Waals surface area contributed by atoms with E-state index in [0.717, 1.165) is 17.8 Å². The maximum Gasteiger partial charge on any atom is 0.202 e. The van der Waals surface area contributed by atoms with Crippen molar-refractivity contribution in [3.63, 3.8) is 0 Å². The molecule has 0 saturated carbocycles. The molecule has 0 aromatic heterocycles. The van der Waals surface area contributed by atoms with Gasteiger partial charge in [0.15, 0.2) is 0 Å². The zero-order valence-corrected chi connectivity index (χ0v) is 16.9. The highest BCUT2D eigenvalue weighted by molar-refractivity contribution is 6.30. The Balaban J connectivity index is 1.62. The summed E-state index contributed by atoms with van der Waals surface area (Å²) in [5.74, 6) is 0.468. The molecule has 0 unspecified atom stereocenters. The van der Waals surface area contributed by atoms with Crippen LogP contribution in [-0.4, -0.2) is 18.7 Å². The van der Waals surface area contributed by atoms with Gasteiger partial charge in [0.1, 0.15) is 12.2 Å². The van der Waals surface area contributed by atoms with Crippen LogP contribution in [0.25, 0.3) is 10.8 Å². The molecule has 1 heterocycles. The van der Waals surface area contributed by atoms with Crippen molar-refractivity contribution in [2.45, 2.75) is 25.6 Å². The van der Waals surface area contributed by atoms with Crippen LogP contribution < -0.4 is 4.90 Å². The molecule has 4 heteroatoms. The van der Waals surface area contributed by atoms with Crippen LogP contribution in [-0.2, 0) is 4.74 Å². The fourth-order valence-electron chi connectivity index (χ4n) is 3.75. The lowest BCUT2D eigenvalue weighted by molar-refractivity contribution is 0.334. The second-order valence-electron chi connectivity index (χ2n) is 7.86. The van der Waals surface area contributed by atoms with Gasteiger partial charge in [0, 0.05) is 17.3 Å². The molecule has 0 bridgehead atoms. The molecule has 0 aliphatic carbocycles. The zero-order valence-electron chi connectivity index (χ0n) is 16.1. The van der Waals surface area contributed by atoms with Crippen molar-refractivity contribution >= 4 is 28.1 Å². The number of rotatable bonds is 6.